The molecule has 1 atom stereocenters. The van der Waals surface area contributed by atoms with Crippen LogP contribution >= 0.6 is 11.8 Å². The Morgan fingerprint density at radius 2 is 2.22 bits per heavy atom. The van der Waals surface area contributed by atoms with E-state index in [9.17, 15) is 9.59 Å². The van der Waals surface area contributed by atoms with Crippen LogP contribution in [0.25, 0.3) is 0 Å². The number of aromatic nitrogens is 3. The lowest BCUT2D eigenvalue weighted by Crippen LogP contribution is -2.25. The lowest BCUT2D eigenvalue weighted by molar-refractivity contribution is -0.115. The molecule has 2 rings (SSSR count). The molecule has 1 unspecified atom stereocenters. The number of hydrogen-bond donors (Lipinski definition) is 2. The van der Waals surface area contributed by atoms with Crippen LogP contribution in [0.1, 0.15) is 38.1 Å². The molecule has 0 fully saturated rings. The van der Waals surface area contributed by atoms with Crippen LogP contribution in [0.5, 0.6) is 0 Å². The van der Waals surface area contributed by atoms with Crippen LogP contribution in [-0.4, -0.2) is 26.3 Å². The van der Waals surface area contributed by atoms with E-state index in [1.807, 2.05) is 13.8 Å². The molecular weight excluding hydrogens is 316 g/mol. The average molecular weight is 336 g/mol. The van der Waals surface area contributed by atoms with Gasteiger partial charge in [0.05, 0.1) is 5.25 Å². The molecule has 0 aliphatic rings. The van der Waals surface area contributed by atoms with E-state index in [1.54, 1.807) is 13.0 Å². The molecule has 0 aromatic carbocycles. The Bertz CT molecular complexity index is 726. The Kier molecular flexibility index (Phi) is 5.97. The van der Waals surface area contributed by atoms with Crippen LogP contribution in [-0.2, 0) is 11.2 Å². The van der Waals surface area contributed by atoms with Crippen molar-refractivity contribution in [1.29, 1.82) is 0 Å². The highest BCUT2D eigenvalue weighted by molar-refractivity contribution is 8.00. The van der Waals surface area contributed by atoms with E-state index in [0.717, 1.165) is 18.5 Å². The first-order valence-electron chi connectivity index (χ1n) is 7.52. The molecule has 2 N–H and O–H groups in total. The minimum atomic E-state index is -0.382. The molecule has 2 heterocycles. The van der Waals surface area contributed by atoms with E-state index >= 15 is 0 Å². The number of carbonyl (C=O) groups excluding carboxylic acids is 1. The average Bonchev–Trinajstić information content (AvgIpc) is 2.89. The Hall–Kier alpha value is -2.09. The quantitative estimate of drug-likeness (QED) is 0.595. The molecule has 8 heteroatoms. The van der Waals surface area contributed by atoms with Gasteiger partial charge in [0.2, 0.25) is 5.91 Å². The first-order valence-corrected chi connectivity index (χ1v) is 8.40. The largest absolute Gasteiger partial charge is 0.360 e. The summed E-state index contributed by atoms with van der Waals surface area (Å²) in [5, 5.41) is 6.52. The topological polar surface area (TPSA) is 101 Å². The van der Waals surface area contributed by atoms with Gasteiger partial charge in [-0.05, 0) is 19.8 Å². The van der Waals surface area contributed by atoms with Crippen LogP contribution < -0.4 is 10.9 Å². The van der Waals surface area contributed by atoms with Gasteiger partial charge in [-0.1, -0.05) is 37.2 Å². The monoisotopic (exact) mass is 336 g/mol. The third kappa shape index (κ3) is 4.95. The number of nitrogens with one attached hydrogen (secondary N) is 2. The van der Waals surface area contributed by atoms with Gasteiger partial charge in [0.1, 0.15) is 5.76 Å². The van der Waals surface area contributed by atoms with Gasteiger partial charge in [-0.25, -0.2) is 4.98 Å². The Balaban J connectivity index is 2.09. The van der Waals surface area contributed by atoms with Crippen molar-refractivity contribution in [3.63, 3.8) is 0 Å². The Morgan fingerprint density at radius 3 is 2.83 bits per heavy atom. The number of aromatic amines is 1. The van der Waals surface area contributed by atoms with Gasteiger partial charge in [0.25, 0.3) is 5.56 Å². The SMILES string of the molecule is CCCc1cc(=O)[nH]c(SC(CC)C(=O)Nc2cc(C)on2)n1. The zero-order chi connectivity index (χ0) is 16.8. The molecule has 0 saturated carbocycles. The number of carbonyl (C=O) groups is 1. The Labute approximate surface area is 138 Å². The standard InChI is InChI=1S/C15H20N4O3S/c1-4-6-10-8-13(20)18-15(16-10)23-11(5-2)14(21)17-12-7-9(3)22-19-12/h7-8,11H,4-6H2,1-3H3,(H,16,18,20)(H,17,19,21). The van der Waals surface area contributed by atoms with Crippen molar-refractivity contribution in [2.45, 2.75) is 50.4 Å². The molecule has 0 aliphatic heterocycles. The number of hydrogen-bond acceptors (Lipinski definition) is 6. The fourth-order valence-corrected chi connectivity index (χ4v) is 2.94. The highest BCUT2D eigenvalue weighted by atomic mass is 32.2. The van der Waals surface area contributed by atoms with Crippen molar-refractivity contribution in [2.24, 2.45) is 0 Å². The third-order valence-corrected chi connectivity index (χ3v) is 4.32. The number of aryl methyl sites for hydroxylation is 2. The van der Waals surface area contributed by atoms with E-state index in [4.69, 9.17) is 4.52 Å². The van der Waals surface area contributed by atoms with Gasteiger partial charge in [-0.3, -0.25) is 9.59 Å². The fraction of sp³-hybridized carbons (Fsp3) is 0.467. The van der Waals surface area contributed by atoms with Crippen molar-refractivity contribution >= 4 is 23.5 Å². The van der Waals surface area contributed by atoms with E-state index in [2.05, 4.69) is 20.4 Å². The van der Waals surface area contributed by atoms with Gasteiger partial charge >= 0.3 is 0 Å². The van der Waals surface area contributed by atoms with Crippen LogP contribution in [0.3, 0.4) is 0 Å². The number of amides is 1. The summed E-state index contributed by atoms with van der Waals surface area (Å²) in [6, 6.07) is 3.14. The zero-order valence-electron chi connectivity index (χ0n) is 13.4. The molecule has 7 nitrogen and oxygen atoms in total. The third-order valence-electron chi connectivity index (χ3n) is 3.08. The lowest BCUT2D eigenvalue weighted by atomic mass is 10.2. The van der Waals surface area contributed by atoms with Crippen molar-refractivity contribution in [3.8, 4) is 0 Å². The van der Waals surface area contributed by atoms with E-state index in [1.165, 1.54) is 17.8 Å². The van der Waals surface area contributed by atoms with Crippen molar-refractivity contribution in [1.82, 2.24) is 15.1 Å². The number of nitrogens with zero attached hydrogens (tertiary/aromatic N) is 2. The van der Waals surface area contributed by atoms with Crippen LogP contribution in [0.4, 0.5) is 5.82 Å². The number of thioether (sulfide) groups is 1. The Morgan fingerprint density at radius 1 is 1.43 bits per heavy atom. The van der Waals surface area contributed by atoms with Gasteiger partial charge in [-0.2, -0.15) is 0 Å². The van der Waals surface area contributed by atoms with Crippen molar-refractivity contribution in [3.05, 3.63) is 33.9 Å². The predicted octanol–water partition coefficient (Wildman–Crippen LogP) is 2.53. The van der Waals surface area contributed by atoms with E-state index in [0.29, 0.717) is 23.2 Å². The van der Waals surface area contributed by atoms with Gasteiger partial charge in [0, 0.05) is 17.8 Å². The first-order chi connectivity index (χ1) is 11.0. The summed E-state index contributed by atoms with van der Waals surface area (Å²) in [4.78, 5) is 31.1. The summed E-state index contributed by atoms with van der Waals surface area (Å²) in [6.45, 7) is 5.68. The normalized spacial score (nSPS) is 12.1. The molecule has 2 aromatic rings. The van der Waals surface area contributed by atoms with Gasteiger partial charge < -0.3 is 14.8 Å². The minimum absolute atomic E-state index is 0.200. The van der Waals surface area contributed by atoms with E-state index in [-0.39, 0.29) is 16.7 Å². The maximum absolute atomic E-state index is 12.3. The number of rotatable bonds is 7. The van der Waals surface area contributed by atoms with Crippen molar-refractivity contribution in [2.75, 3.05) is 5.32 Å². The number of H-pyrrole nitrogens is 1. The molecule has 1 amide bonds. The first kappa shape index (κ1) is 17.3. The zero-order valence-corrected chi connectivity index (χ0v) is 14.2. The van der Waals surface area contributed by atoms with Gasteiger partial charge in [-0.15, -0.1) is 0 Å². The van der Waals surface area contributed by atoms with E-state index < -0.39 is 0 Å². The second-order valence-electron chi connectivity index (χ2n) is 5.12. The summed E-state index contributed by atoms with van der Waals surface area (Å²) < 4.78 is 4.92. The summed E-state index contributed by atoms with van der Waals surface area (Å²) >= 11 is 1.24. The highest BCUT2D eigenvalue weighted by Crippen LogP contribution is 2.23. The minimum Gasteiger partial charge on any atom is -0.360 e. The highest BCUT2D eigenvalue weighted by Gasteiger charge is 2.20. The molecule has 124 valence electrons. The van der Waals surface area contributed by atoms with Gasteiger partial charge in [0.15, 0.2) is 11.0 Å². The predicted molar refractivity (Wildman–Crippen MR) is 88.7 cm³/mol. The fourth-order valence-electron chi connectivity index (χ4n) is 2.01. The molecule has 0 bridgehead atoms. The molecule has 0 spiro atoms. The number of anilines is 1. The molecule has 2 aromatic heterocycles. The van der Waals surface area contributed by atoms with Crippen LogP contribution in [0.15, 0.2) is 26.6 Å². The maximum Gasteiger partial charge on any atom is 0.251 e. The summed E-state index contributed by atoms with van der Waals surface area (Å²) in [7, 11) is 0. The summed E-state index contributed by atoms with van der Waals surface area (Å²) in [6.07, 6.45) is 2.23. The van der Waals surface area contributed by atoms with Crippen LogP contribution in [0, 0.1) is 6.92 Å². The second kappa shape index (κ2) is 7.96. The summed E-state index contributed by atoms with van der Waals surface area (Å²) in [5.74, 6) is 0.807. The lowest BCUT2D eigenvalue weighted by Gasteiger charge is -2.13. The molecule has 0 saturated heterocycles. The molecule has 0 aliphatic carbocycles. The maximum atomic E-state index is 12.3. The molecule has 23 heavy (non-hydrogen) atoms. The van der Waals surface area contributed by atoms with Crippen LogP contribution in [0.2, 0.25) is 0 Å². The molecule has 0 radical (unpaired) electrons. The van der Waals surface area contributed by atoms with Crippen molar-refractivity contribution < 1.29 is 9.32 Å². The smallest absolute Gasteiger partial charge is 0.251 e. The summed E-state index contributed by atoms with van der Waals surface area (Å²) in [5.41, 5.74) is 0.537. The molecular formula is C15H20N4O3S. The second-order valence-corrected chi connectivity index (χ2v) is 6.31.